The molecule has 0 aliphatic carbocycles. The summed E-state index contributed by atoms with van der Waals surface area (Å²) in [6.45, 7) is 6.24. The van der Waals surface area contributed by atoms with Crippen molar-refractivity contribution in [2.24, 2.45) is 0 Å². The topological polar surface area (TPSA) is 51.2 Å². The Hall–Kier alpha value is -2.23. The fraction of sp³-hybridized carbons (Fsp3) is 0.312. The molecule has 1 aromatic carbocycles. The van der Waals surface area contributed by atoms with Gasteiger partial charge in [-0.25, -0.2) is 4.98 Å². The first-order chi connectivity index (χ1) is 9.63. The Morgan fingerprint density at radius 1 is 1.15 bits per heavy atom. The quantitative estimate of drug-likeness (QED) is 0.745. The van der Waals surface area contributed by atoms with Crippen LogP contribution >= 0.6 is 0 Å². The van der Waals surface area contributed by atoms with Gasteiger partial charge in [0.2, 0.25) is 0 Å². The van der Waals surface area contributed by atoms with Crippen LogP contribution in [0.15, 0.2) is 45.6 Å². The van der Waals surface area contributed by atoms with E-state index in [-0.39, 0.29) is 6.04 Å². The molecule has 0 fully saturated rings. The van der Waals surface area contributed by atoms with Crippen molar-refractivity contribution in [3.63, 3.8) is 0 Å². The van der Waals surface area contributed by atoms with E-state index in [2.05, 4.69) is 31.1 Å². The van der Waals surface area contributed by atoms with Crippen molar-refractivity contribution in [2.75, 3.05) is 5.32 Å². The Morgan fingerprint density at radius 3 is 2.70 bits per heavy atom. The summed E-state index contributed by atoms with van der Waals surface area (Å²) in [4.78, 5) is 4.52. The number of furan rings is 1. The third-order valence-corrected chi connectivity index (χ3v) is 3.32. The van der Waals surface area contributed by atoms with Crippen molar-refractivity contribution in [3.05, 3.63) is 48.2 Å². The third-order valence-electron chi connectivity index (χ3n) is 3.32. The molecule has 3 rings (SSSR count). The second kappa shape index (κ2) is 5.04. The summed E-state index contributed by atoms with van der Waals surface area (Å²) in [5.41, 5.74) is 3.86. The molecule has 4 heteroatoms. The minimum Gasteiger partial charge on any atom is -0.472 e. The number of anilines is 1. The molecule has 0 aliphatic rings. The van der Waals surface area contributed by atoms with Crippen molar-refractivity contribution in [3.8, 4) is 0 Å². The van der Waals surface area contributed by atoms with Crippen LogP contribution in [0.5, 0.6) is 0 Å². The number of hydrogen-bond acceptors (Lipinski definition) is 4. The summed E-state index contributed by atoms with van der Waals surface area (Å²) >= 11 is 0. The summed E-state index contributed by atoms with van der Waals surface area (Å²) < 4.78 is 10.8. The van der Waals surface area contributed by atoms with E-state index in [0.29, 0.717) is 5.92 Å². The van der Waals surface area contributed by atoms with Crippen LogP contribution in [-0.4, -0.2) is 4.98 Å². The van der Waals surface area contributed by atoms with Crippen LogP contribution in [-0.2, 0) is 0 Å². The molecule has 20 heavy (non-hydrogen) atoms. The monoisotopic (exact) mass is 270 g/mol. The number of rotatable bonds is 4. The molecule has 1 unspecified atom stereocenters. The summed E-state index contributed by atoms with van der Waals surface area (Å²) in [5, 5.41) is 3.43. The number of fused-ring (bicyclic) bond motifs is 1. The van der Waals surface area contributed by atoms with E-state index in [1.165, 1.54) is 0 Å². The Morgan fingerprint density at radius 2 is 2.00 bits per heavy atom. The molecule has 1 N–H and O–H groups in total. The van der Waals surface area contributed by atoms with Crippen LogP contribution in [0.25, 0.3) is 11.1 Å². The van der Waals surface area contributed by atoms with Crippen LogP contribution in [0.2, 0.25) is 0 Å². The van der Waals surface area contributed by atoms with Gasteiger partial charge in [-0.2, -0.15) is 0 Å². The van der Waals surface area contributed by atoms with Crippen molar-refractivity contribution >= 4 is 16.8 Å². The molecule has 0 amide bonds. The van der Waals surface area contributed by atoms with Gasteiger partial charge in [0, 0.05) is 17.2 Å². The molecule has 0 radical (unpaired) electrons. The molecule has 2 heterocycles. The van der Waals surface area contributed by atoms with Gasteiger partial charge in [-0.1, -0.05) is 13.8 Å². The lowest BCUT2D eigenvalue weighted by molar-refractivity contribution is 0.501. The highest BCUT2D eigenvalue weighted by Gasteiger charge is 2.11. The number of benzene rings is 1. The van der Waals surface area contributed by atoms with E-state index in [0.717, 1.165) is 28.2 Å². The zero-order chi connectivity index (χ0) is 14.1. The predicted molar refractivity (Wildman–Crippen MR) is 78.8 cm³/mol. The lowest BCUT2D eigenvalue weighted by Gasteiger charge is -2.13. The van der Waals surface area contributed by atoms with E-state index in [1.807, 2.05) is 24.3 Å². The highest BCUT2D eigenvalue weighted by Crippen LogP contribution is 2.26. The number of hydrogen-bond donors (Lipinski definition) is 1. The van der Waals surface area contributed by atoms with E-state index in [1.54, 1.807) is 12.5 Å². The lowest BCUT2D eigenvalue weighted by Crippen LogP contribution is -2.05. The van der Waals surface area contributed by atoms with E-state index in [4.69, 9.17) is 8.83 Å². The van der Waals surface area contributed by atoms with E-state index >= 15 is 0 Å². The van der Waals surface area contributed by atoms with E-state index < -0.39 is 0 Å². The number of aromatic nitrogens is 1. The van der Waals surface area contributed by atoms with Crippen molar-refractivity contribution in [2.45, 2.75) is 32.7 Å². The maximum Gasteiger partial charge on any atom is 0.198 e. The molecule has 0 bridgehead atoms. The Balaban J connectivity index is 1.85. The highest BCUT2D eigenvalue weighted by atomic mass is 16.3. The van der Waals surface area contributed by atoms with Gasteiger partial charge in [0.25, 0.3) is 0 Å². The summed E-state index contributed by atoms with van der Waals surface area (Å²) in [5.74, 6) is 1.07. The Bertz CT molecular complexity index is 698. The molecule has 0 saturated carbocycles. The smallest absolute Gasteiger partial charge is 0.198 e. The molecule has 0 aliphatic heterocycles. The third kappa shape index (κ3) is 2.41. The molecular weight excluding hydrogens is 252 g/mol. The normalized spacial score (nSPS) is 13.0. The summed E-state index contributed by atoms with van der Waals surface area (Å²) in [6, 6.07) is 8.12. The number of nitrogens with one attached hydrogen (secondary N) is 1. The average Bonchev–Trinajstić information content (AvgIpc) is 3.07. The largest absolute Gasteiger partial charge is 0.472 e. The molecule has 104 valence electrons. The standard InChI is InChI=1S/C16H18N2O2/c1-10(2)16-18-14-8-13(4-5-15(14)20-16)17-11(3)12-6-7-19-9-12/h4-11,17H,1-3H3. The van der Waals surface area contributed by atoms with Gasteiger partial charge < -0.3 is 14.2 Å². The van der Waals surface area contributed by atoms with Crippen LogP contribution in [0.4, 0.5) is 5.69 Å². The fourth-order valence-corrected chi connectivity index (χ4v) is 2.14. The van der Waals surface area contributed by atoms with E-state index in [9.17, 15) is 0 Å². The lowest BCUT2D eigenvalue weighted by atomic mass is 10.1. The molecule has 0 spiro atoms. The molecule has 2 aromatic heterocycles. The van der Waals surface area contributed by atoms with Crippen LogP contribution in [0, 0.1) is 0 Å². The van der Waals surface area contributed by atoms with Gasteiger partial charge in [0.1, 0.15) is 5.52 Å². The zero-order valence-electron chi connectivity index (χ0n) is 11.9. The second-order valence-electron chi connectivity index (χ2n) is 5.31. The van der Waals surface area contributed by atoms with Gasteiger partial charge in [0.05, 0.1) is 18.6 Å². The highest BCUT2D eigenvalue weighted by molar-refractivity contribution is 5.77. The average molecular weight is 270 g/mol. The first-order valence-corrected chi connectivity index (χ1v) is 6.82. The van der Waals surface area contributed by atoms with Gasteiger partial charge in [-0.15, -0.1) is 0 Å². The summed E-state index contributed by atoms with van der Waals surface area (Å²) in [7, 11) is 0. The fourth-order valence-electron chi connectivity index (χ4n) is 2.14. The van der Waals surface area contributed by atoms with Crippen LogP contribution < -0.4 is 5.32 Å². The van der Waals surface area contributed by atoms with Crippen molar-refractivity contribution in [1.82, 2.24) is 4.98 Å². The Kier molecular flexibility index (Phi) is 3.22. The first-order valence-electron chi connectivity index (χ1n) is 6.82. The molecular formula is C16H18N2O2. The minimum atomic E-state index is 0.183. The molecule has 0 saturated heterocycles. The van der Waals surface area contributed by atoms with Crippen LogP contribution in [0.1, 0.15) is 44.2 Å². The van der Waals surface area contributed by atoms with Gasteiger partial charge >= 0.3 is 0 Å². The van der Waals surface area contributed by atoms with Gasteiger partial charge in [-0.05, 0) is 31.2 Å². The van der Waals surface area contributed by atoms with Crippen molar-refractivity contribution in [1.29, 1.82) is 0 Å². The SMILES string of the molecule is CC(C)c1nc2cc(NC(C)c3ccoc3)ccc2o1. The maximum absolute atomic E-state index is 5.71. The Labute approximate surface area is 117 Å². The maximum atomic E-state index is 5.71. The predicted octanol–water partition coefficient (Wildman–Crippen LogP) is 4.72. The number of oxazole rings is 1. The zero-order valence-corrected chi connectivity index (χ0v) is 11.9. The van der Waals surface area contributed by atoms with Gasteiger partial charge in [-0.3, -0.25) is 0 Å². The van der Waals surface area contributed by atoms with Gasteiger partial charge in [0.15, 0.2) is 11.5 Å². The molecule has 3 aromatic rings. The molecule has 4 nitrogen and oxygen atoms in total. The minimum absolute atomic E-state index is 0.183. The number of nitrogens with zero attached hydrogens (tertiary/aromatic N) is 1. The molecule has 1 atom stereocenters. The van der Waals surface area contributed by atoms with Crippen LogP contribution in [0.3, 0.4) is 0 Å². The second-order valence-corrected chi connectivity index (χ2v) is 5.31. The summed E-state index contributed by atoms with van der Waals surface area (Å²) in [6.07, 6.45) is 3.44. The van der Waals surface area contributed by atoms with Crippen molar-refractivity contribution < 1.29 is 8.83 Å². The first kappa shape index (κ1) is 12.8.